The van der Waals surface area contributed by atoms with Crippen molar-refractivity contribution in [1.82, 2.24) is 0 Å². The Morgan fingerprint density at radius 2 is 0.864 bits per heavy atom. The summed E-state index contributed by atoms with van der Waals surface area (Å²) in [7, 11) is 0. The summed E-state index contributed by atoms with van der Waals surface area (Å²) in [5.41, 5.74) is 13.5. The molecule has 276 valence electrons. The molecule has 12 aromatic rings. The van der Waals surface area contributed by atoms with E-state index >= 15 is 0 Å². The quantitative estimate of drug-likeness (QED) is 0.158. The Balaban J connectivity index is 1.17. The van der Waals surface area contributed by atoms with E-state index in [-0.39, 0.29) is 0 Å². The van der Waals surface area contributed by atoms with E-state index in [1.807, 2.05) is 24.3 Å². The highest BCUT2D eigenvalue weighted by atomic mass is 16.3. The Kier molecular flexibility index (Phi) is 7.54. The van der Waals surface area contributed by atoms with Gasteiger partial charge >= 0.3 is 0 Å². The molecule has 0 atom stereocenters. The Morgan fingerprint density at radius 3 is 1.66 bits per heavy atom. The van der Waals surface area contributed by atoms with Crippen molar-refractivity contribution in [2.45, 2.75) is 0 Å². The molecule has 0 bridgehead atoms. The number of benzene rings is 10. The summed E-state index contributed by atoms with van der Waals surface area (Å²) in [5.74, 6) is 0. The molecule has 3 nitrogen and oxygen atoms in total. The molecular formula is C56H35NO2. The molecule has 0 saturated carbocycles. The van der Waals surface area contributed by atoms with Gasteiger partial charge in [-0.1, -0.05) is 146 Å². The zero-order valence-corrected chi connectivity index (χ0v) is 32.0. The summed E-state index contributed by atoms with van der Waals surface area (Å²) in [4.78, 5) is 2.39. The summed E-state index contributed by atoms with van der Waals surface area (Å²) in [6.07, 6.45) is 0. The highest BCUT2D eigenvalue weighted by Gasteiger charge is 2.24. The van der Waals surface area contributed by atoms with E-state index in [4.69, 9.17) is 8.83 Å². The maximum absolute atomic E-state index is 6.53. The molecular weight excluding hydrogens is 719 g/mol. The van der Waals surface area contributed by atoms with Crippen molar-refractivity contribution in [2.75, 3.05) is 4.90 Å². The van der Waals surface area contributed by atoms with Crippen molar-refractivity contribution < 1.29 is 8.83 Å². The molecule has 0 amide bonds. The maximum atomic E-state index is 6.53. The first-order valence-electron chi connectivity index (χ1n) is 20.1. The predicted octanol–water partition coefficient (Wildman–Crippen LogP) is 16.3. The van der Waals surface area contributed by atoms with E-state index in [9.17, 15) is 0 Å². The fourth-order valence-electron chi connectivity index (χ4n) is 9.13. The predicted molar refractivity (Wildman–Crippen MR) is 247 cm³/mol. The van der Waals surface area contributed by atoms with Crippen molar-refractivity contribution in [3.8, 4) is 33.4 Å². The molecule has 0 aliphatic carbocycles. The molecule has 2 aromatic heterocycles. The molecule has 2 heterocycles. The highest BCUT2D eigenvalue weighted by Crippen LogP contribution is 2.49. The average molecular weight is 754 g/mol. The van der Waals surface area contributed by atoms with Crippen LogP contribution in [0.2, 0.25) is 0 Å². The van der Waals surface area contributed by atoms with Crippen LogP contribution in [0, 0.1) is 0 Å². The second-order valence-electron chi connectivity index (χ2n) is 15.2. The van der Waals surface area contributed by atoms with Gasteiger partial charge in [0.15, 0.2) is 0 Å². The van der Waals surface area contributed by atoms with Crippen molar-refractivity contribution in [3.05, 3.63) is 212 Å². The molecule has 0 fully saturated rings. The van der Waals surface area contributed by atoms with Crippen LogP contribution in [0.5, 0.6) is 0 Å². The minimum atomic E-state index is 0.846. The molecule has 0 N–H and O–H groups in total. The van der Waals surface area contributed by atoms with Gasteiger partial charge in [-0.3, -0.25) is 0 Å². The standard InChI is InChI=1S/C56H35NO2/c1-2-13-36(14-3-1)37-25-28-40(29-26-37)57(41-30-31-47-45-19-8-10-23-52(45)59-55(47)35-41)51-22-12-21-48(49-33-38-15-4-5-16-42(38)43-17-6-7-18-44(43)49)56(51)39-27-32-54-50(34-39)46-20-9-11-24-53(46)58-54/h1-35H. The second-order valence-corrected chi connectivity index (χ2v) is 15.2. The number of hydrogen-bond donors (Lipinski definition) is 0. The first-order chi connectivity index (χ1) is 29.2. The van der Waals surface area contributed by atoms with Crippen LogP contribution in [-0.4, -0.2) is 0 Å². The number of para-hydroxylation sites is 2. The monoisotopic (exact) mass is 753 g/mol. The molecule has 10 aromatic carbocycles. The van der Waals surface area contributed by atoms with Gasteiger partial charge in [0.1, 0.15) is 22.3 Å². The van der Waals surface area contributed by atoms with Gasteiger partial charge in [0.2, 0.25) is 0 Å². The third-order valence-corrected chi connectivity index (χ3v) is 11.9. The first-order valence-corrected chi connectivity index (χ1v) is 20.1. The van der Waals surface area contributed by atoms with E-state index in [0.29, 0.717) is 0 Å². The third-order valence-electron chi connectivity index (χ3n) is 11.9. The van der Waals surface area contributed by atoms with Gasteiger partial charge in [-0.05, 0) is 110 Å². The molecule has 3 heteroatoms. The molecule has 0 radical (unpaired) electrons. The van der Waals surface area contributed by atoms with Crippen LogP contribution in [-0.2, 0) is 0 Å². The van der Waals surface area contributed by atoms with E-state index in [1.54, 1.807) is 0 Å². The van der Waals surface area contributed by atoms with Crippen LogP contribution in [0.1, 0.15) is 0 Å². The molecule has 59 heavy (non-hydrogen) atoms. The number of rotatable bonds is 6. The van der Waals surface area contributed by atoms with Gasteiger partial charge in [0, 0.05) is 44.5 Å². The maximum Gasteiger partial charge on any atom is 0.137 e. The fraction of sp³-hybridized carbons (Fsp3) is 0. The zero-order valence-electron chi connectivity index (χ0n) is 32.0. The van der Waals surface area contributed by atoms with Gasteiger partial charge in [0.05, 0.1) is 5.69 Å². The number of anilines is 3. The van der Waals surface area contributed by atoms with E-state index in [0.717, 1.165) is 83.2 Å². The van der Waals surface area contributed by atoms with Crippen LogP contribution in [0.15, 0.2) is 221 Å². The molecule has 0 spiro atoms. The number of furan rings is 2. The molecule has 0 saturated heterocycles. The Morgan fingerprint density at radius 1 is 0.288 bits per heavy atom. The van der Waals surface area contributed by atoms with E-state index < -0.39 is 0 Å². The lowest BCUT2D eigenvalue weighted by Gasteiger charge is -2.29. The van der Waals surface area contributed by atoms with Crippen molar-refractivity contribution >= 4 is 82.5 Å². The summed E-state index contributed by atoms with van der Waals surface area (Å²) in [6.45, 7) is 0. The number of fused-ring (bicyclic) bond motifs is 9. The van der Waals surface area contributed by atoms with Crippen LogP contribution >= 0.6 is 0 Å². The molecule has 0 aliphatic heterocycles. The fourth-order valence-corrected chi connectivity index (χ4v) is 9.13. The second kappa shape index (κ2) is 13.4. The summed E-state index contributed by atoms with van der Waals surface area (Å²) in [5, 5.41) is 9.29. The summed E-state index contributed by atoms with van der Waals surface area (Å²) >= 11 is 0. The minimum absolute atomic E-state index is 0.846. The third kappa shape index (κ3) is 5.44. The van der Waals surface area contributed by atoms with Gasteiger partial charge in [-0.15, -0.1) is 0 Å². The van der Waals surface area contributed by atoms with Crippen molar-refractivity contribution in [2.24, 2.45) is 0 Å². The Labute approximate surface area is 340 Å². The van der Waals surface area contributed by atoms with Gasteiger partial charge in [-0.2, -0.15) is 0 Å². The molecule has 0 unspecified atom stereocenters. The van der Waals surface area contributed by atoms with Crippen LogP contribution in [0.25, 0.3) is 98.8 Å². The highest BCUT2D eigenvalue weighted by molar-refractivity contribution is 6.16. The lowest BCUT2D eigenvalue weighted by atomic mass is 9.87. The van der Waals surface area contributed by atoms with Gasteiger partial charge < -0.3 is 13.7 Å². The minimum Gasteiger partial charge on any atom is -0.456 e. The zero-order chi connectivity index (χ0) is 38.9. The molecule has 12 rings (SSSR count). The Bertz CT molecular complexity index is 3560. The first kappa shape index (κ1) is 33.3. The number of nitrogens with zero attached hydrogens (tertiary/aromatic N) is 1. The summed E-state index contributed by atoms with van der Waals surface area (Å²) < 4.78 is 12.9. The average Bonchev–Trinajstić information content (AvgIpc) is 3.87. The molecule has 0 aliphatic rings. The lowest BCUT2D eigenvalue weighted by Crippen LogP contribution is -2.11. The number of hydrogen-bond acceptors (Lipinski definition) is 3. The van der Waals surface area contributed by atoms with Gasteiger partial charge in [0.25, 0.3) is 0 Å². The summed E-state index contributed by atoms with van der Waals surface area (Å²) in [6, 6.07) is 76.0. The van der Waals surface area contributed by atoms with Gasteiger partial charge in [-0.25, -0.2) is 0 Å². The Hall–Kier alpha value is -7.88. The van der Waals surface area contributed by atoms with Crippen LogP contribution in [0.3, 0.4) is 0 Å². The normalized spacial score (nSPS) is 11.7. The SMILES string of the molecule is c1ccc(-c2ccc(N(c3ccc4c(c3)oc3ccccc34)c3cccc(-c4cc5ccccc5c5ccccc45)c3-c3ccc4oc5ccccc5c4c3)cc2)cc1. The van der Waals surface area contributed by atoms with E-state index in [1.165, 1.54) is 32.7 Å². The van der Waals surface area contributed by atoms with E-state index in [2.05, 4.69) is 193 Å². The largest absolute Gasteiger partial charge is 0.456 e. The smallest absolute Gasteiger partial charge is 0.137 e. The topological polar surface area (TPSA) is 29.5 Å². The van der Waals surface area contributed by atoms with Crippen molar-refractivity contribution in [3.63, 3.8) is 0 Å². The lowest BCUT2D eigenvalue weighted by molar-refractivity contribution is 0.668. The van der Waals surface area contributed by atoms with Crippen LogP contribution < -0.4 is 4.90 Å². The van der Waals surface area contributed by atoms with Crippen LogP contribution in [0.4, 0.5) is 17.1 Å². The van der Waals surface area contributed by atoms with Crippen molar-refractivity contribution in [1.29, 1.82) is 0 Å².